The van der Waals surface area contributed by atoms with Gasteiger partial charge in [-0.3, -0.25) is 0 Å². The lowest BCUT2D eigenvalue weighted by molar-refractivity contribution is 0.322. The number of hydrogen-bond donors (Lipinski definition) is 2. The summed E-state index contributed by atoms with van der Waals surface area (Å²) in [5, 5.41) is 6.63. The van der Waals surface area contributed by atoms with Gasteiger partial charge in [-0.2, -0.15) is 0 Å². The van der Waals surface area contributed by atoms with Gasteiger partial charge in [0.25, 0.3) is 0 Å². The summed E-state index contributed by atoms with van der Waals surface area (Å²) in [5.74, 6) is 4.03. The molecule has 178 valence electrons. The predicted molar refractivity (Wildman–Crippen MR) is 138 cm³/mol. The molecule has 2 aromatic carbocycles. The number of nitrogens with zero attached hydrogens (tertiary/aromatic N) is 1. The monoisotopic (exact) mass is 559 g/mol. The molecule has 0 bridgehead atoms. The molecule has 0 saturated heterocycles. The van der Waals surface area contributed by atoms with Crippen LogP contribution in [0.4, 0.5) is 0 Å². The number of methoxy groups -OCH3 is 5. The van der Waals surface area contributed by atoms with Gasteiger partial charge in [0, 0.05) is 18.7 Å². The van der Waals surface area contributed by atoms with Crippen molar-refractivity contribution in [2.45, 2.75) is 19.9 Å². The fraction of sp³-hybridized carbons (Fsp3) is 0.435. The Morgan fingerprint density at radius 3 is 2.03 bits per heavy atom. The van der Waals surface area contributed by atoms with Crippen molar-refractivity contribution in [1.82, 2.24) is 10.6 Å². The average molecular weight is 559 g/mol. The second-order valence-corrected chi connectivity index (χ2v) is 6.55. The number of aliphatic imine (C=N–C) groups is 1. The SMILES string of the molecule is CCNC(=NCc1ccc(OC)c(OC)c1)NCCc1ccc(OC)c(OC)c1OC.I. The van der Waals surface area contributed by atoms with Crippen molar-refractivity contribution in [1.29, 1.82) is 0 Å². The van der Waals surface area contributed by atoms with E-state index in [2.05, 4.69) is 15.6 Å². The predicted octanol–water partition coefficient (Wildman–Crippen LogP) is 3.65. The van der Waals surface area contributed by atoms with Crippen molar-refractivity contribution in [2.75, 3.05) is 48.6 Å². The quantitative estimate of drug-likeness (QED) is 0.247. The number of halogens is 1. The highest BCUT2D eigenvalue weighted by Crippen LogP contribution is 2.39. The van der Waals surface area contributed by atoms with E-state index in [1.165, 1.54) is 0 Å². The van der Waals surface area contributed by atoms with E-state index in [1.54, 1.807) is 35.5 Å². The van der Waals surface area contributed by atoms with E-state index >= 15 is 0 Å². The van der Waals surface area contributed by atoms with Crippen LogP contribution in [0.15, 0.2) is 35.3 Å². The van der Waals surface area contributed by atoms with Crippen molar-refractivity contribution in [3.8, 4) is 28.7 Å². The van der Waals surface area contributed by atoms with Crippen LogP contribution in [-0.2, 0) is 13.0 Å². The van der Waals surface area contributed by atoms with Gasteiger partial charge in [0.1, 0.15) is 0 Å². The van der Waals surface area contributed by atoms with Crippen LogP contribution in [0.1, 0.15) is 18.1 Å². The van der Waals surface area contributed by atoms with Gasteiger partial charge in [-0.05, 0) is 37.1 Å². The van der Waals surface area contributed by atoms with Gasteiger partial charge in [-0.25, -0.2) is 4.99 Å². The number of ether oxygens (including phenoxy) is 5. The van der Waals surface area contributed by atoms with Crippen molar-refractivity contribution < 1.29 is 23.7 Å². The molecule has 0 fully saturated rings. The maximum absolute atomic E-state index is 5.56. The Kier molecular flexibility index (Phi) is 12.4. The molecule has 2 aromatic rings. The van der Waals surface area contributed by atoms with E-state index in [0.717, 1.165) is 30.1 Å². The molecule has 9 heteroatoms. The highest BCUT2D eigenvalue weighted by Gasteiger charge is 2.15. The average Bonchev–Trinajstić information content (AvgIpc) is 2.81. The summed E-state index contributed by atoms with van der Waals surface area (Å²) in [7, 11) is 8.08. The van der Waals surface area contributed by atoms with Crippen molar-refractivity contribution >= 4 is 29.9 Å². The second kappa shape index (κ2) is 14.5. The summed E-state index contributed by atoms with van der Waals surface area (Å²) >= 11 is 0. The Morgan fingerprint density at radius 1 is 0.781 bits per heavy atom. The number of benzene rings is 2. The largest absolute Gasteiger partial charge is 0.493 e. The van der Waals surface area contributed by atoms with Crippen LogP contribution in [0.2, 0.25) is 0 Å². The third-order valence-corrected chi connectivity index (χ3v) is 4.68. The molecular formula is C23H34IN3O5. The van der Waals surface area contributed by atoms with Gasteiger partial charge in [0.15, 0.2) is 29.0 Å². The zero-order chi connectivity index (χ0) is 22.6. The third-order valence-electron chi connectivity index (χ3n) is 4.68. The molecule has 0 saturated carbocycles. The summed E-state index contributed by atoms with van der Waals surface area (Å²) in [4.78, 5) is 4.67. The standard InChI is InChI=1S/C23H33N3O5.HI/c1-7-24-23(26-15-16-8-10-18(27-2)20(14-16)29-4)25-13-12-17-9-11-19(28-3)22(31-6)21(17)30-5;/h8-11,14H,7,12-13,15H2,1-6H3,(H2,24,25,26);1H. The van der Waals surface area contributed by atoms with Crippen LogP contribution in [0, 0.1) is 0 Å². The highest BCUT2D eigenvalue weighted by molar-refractivity contribution is 14.0. The molecule has 0 spiro atoms. The van der Waals surface area contributed by atoms with Gasteiger partial charge >= 0.3 is 0 Å². The van der Waals surface area contributed by atoms with Crippen molar-refractivity contribution in [3.05, 3.63) is 41.5 Å². The molecular weight excluding hydrogens is 525 g/mol. The zero-order valence-corrected chi connectivity index (χ0v) is 21.9. The topological polar surface area (TPSA) is 82.6 Å². The van der Waals surface area contributed by atoms with E-state index in [9.17, 15) is 0 Å². The third kappa shape index (κ3) is 7.25. The summed E-state index contributed by atoms with van der Waals surface area (Å²) in [5.41, 5.74) is 2.04. The Bertz CT molecular complexity index is 877. The molecule has 0 aromatic heterocycles. The maximum atomic E-state index is 5.56. The van der Waals surface area contributed by atoms with Gasteiger partial charge in [-0.1, -0.05) is 12.1 Å². The van der Waals surface area contributed by atoms with E-state index in [1.807, 2.05) is 37.3 Å². The summed E-state index contributed by atoms with van der Waals surface area (Å²) in [6.45, 7) is 3.97. The summed E-state index contributed by atoms with van der Waals surface area (Å²) < 4.78 is 27.0. The van der Waals surface area contributed by atoms with Gasteiger partial charge in [-0.15, -0.1) is 24.0 Å². The molecule has 32 heavy (non-hydrogen) atoms. The fourth-order valence-electron chi connectivity index (χ4n) is 3.17. The van der Waals surface area contributed by atoms with E-state index < -0.39 is 0 Å². The fourth-order valence-corrected chi connectivity index (χ4v) is 3.17. The molecule has 0 aliphatic carbocycles. The maximum Gasteiger partial charge on any atom is 0.203 e. The minimum atomic E-state index is 0. The minimum Gasteiger partial charge on any atom is -0.493 e. The van der Waals surface area contributed by atoms with E-state index in [4.69, 9.17) is 23.7 Å². The van der Waals surface area contributed by atoms with E-state index in [-0.39, 0.29) is 24.0 Å². The molecule has 0 heterocycles. The normalized spacial score (nSPS) is 10.6. The molecule has 0 aliphatic heterocycles. The molecule has 0 unspecified atom stereocenters. The Labute approximate surface area is 207 Å². The summed E-state index contributed by atoms with van der Waals surface area (Å²) in [6, 6.07) is 9.65. The first-order chi connectivity index (χ1) is 15.1. The first-order valence-electron chi connectivity index (χ1n) is 10.1. The molecule has 0 aliphatic rings. The van der Waals surface area contributed by atoms with Crippen LogP contribution in [0.3, 0.4) is 0 Å². The molecule has 0 amide bonds. The van der Waals surface area contributed by atoms with Crippen LogP contribution in [-0.4, -0.2) is 54.6 Å². The highest BCUT2D eigenvalue weighted by atomic mass is 127. The number of guanidine groups is 1. The smallest absolute Gasteiger partial charge is 0.203 e. The van der Waals surface area contributed by atoms with Crippen LogP contribution in [0.25, 0.3) is 0 Å². The lowest BCUT2D eigenvalue weighted by atomic mass is 10.1. The molecule has 2 rings (SSSR count). The van der Waals surface area contributed by atoms with E-state index in [0.29, 0.717) is 41.8 Å². The minimum absolute atomic E-state index is 0. The number of rotatable bonds is 11. The van der Waals surface area contributed by atoms with Gasteiger partial charge in [0.05, 0.1) is 42.1 Å². The van der Waals surface area contributed by atoms with Crippen molar-refractivity contribution in [3.63, 3.8) is 0 Å². The van der Waals surface area contributed by atoms with Crippen LogP contribution in [0.5, 0.6) is 28.7 Å². The zero-order valence-electron chi connectivity index (χ0n) is 19.6. The second-order valence-electron chi connectivity index (χ2n) is 6.55. The molecule has 2 N–H and O–H groups in total. The lowest BCUT2D eigenvalue weighted by Gasteiger charge is -2.16. The summed E-state index contributed by atoms with van der Waals surface area (Å²) in [6.07, 6.45) is 0.726. The van der Waals surface area contributed by atoms with Crippen LogP contribution < -0.4 is 34.3 Å². The number of nitrogens with one attached hydrogen (secondary N) is 2. The molecule has 0 radical (unpaired) electrons. The Balaban J connectivity index is 0.00000512. The Morgan fingerprint density at radius 2 is 1.44 bits per heavy atom. The van der Waals surface area contributed by atoms with Gasteiger partial charge in [0.2, 0.25) is 5.75 Å². The first kappa shape index (κ1) is 27.5. The number of hydrogen-bond acceptors (Lipinski definition) is 6. The van der Waals surface area contributed by atoms with Crippen molar-refractivity contribution in [2.24, 2.45) is 4.99 Å². The molecule has 0 atom stereocenters. The first-order valence-corrected chi connectivity index (χ1v) is 10.1. The Hall–Kier alpha value is -2.56. The lowest BCUT2D eigenvalue weighted by Crippen LogP contribution is -2.38. The van der Waals surface area contributed by atoms with Crippen LogP contribution >= 0.6 is 24.0 Å². The molecule has 8 nitrogen and oxygen atoms in total. The van der Waals surface area contributed by atoms with Gasteiger partial charge < -0.3 is 34.3 Å².